The van der Waals surface area contributed by atoms with Gasteiger partial charge in [-0.05, 0) is 46.3 Å². The maximum Gasteiger partial charge on any atom is 0.197 e. The molecular formula is C14H9Br2FO2. The van der Waals surface area contributed by atoms with E-state index in [2.05, 4.69) is 31.9 Å². The number of halogens is 3. The normalized spacial score (nSPS) is 10.3. The maximum atomic E-state index is 13.9. The first-order chi connectivity index (χ1) is 9.02. The fourth-order valence-corrected chi connectivity index (χ4v) is 2.85. The molecule has 0 N–H and O–H groups in total. The van der Waals surface area contributed by atoms with Gasteiger partial charge in [-0.3, -0.25) is 4.79 Å². The zero-order chi connectivity index (χ0) is 14.0. The smallest absolute Gasteiger partial charge is 0.197 e. The molecule has 2 nitrogen and oxygen atoms in total. The van der Waals surface area contributed by atoms with Crippen LogP contribution in [-0.4, -0.2) is 12.9 Å². The van der Waals surface area contributed by atoms with Crippen LogP contribution >= 0.6 is 31.9 Å². The van der Waals surface area contributed by atoms with Crippen LogP contribution in [0, 0.1) is 5.82 Å². The van der Waals surface area contributed by atoms with Crippen LogP contribution in [0.1, 0.15) is 15.9 Å². The third kappa shape index (κ3) is 3.04. The third-order valence-corrected chi connectivity index (χ3v) is 3.75. The molecule has 0 spiro atoms. The average molecular weight is 388 g/mol. The molecule has 0 saturated heterocycles. The Labute approximate surface area is 126 Å². The van der Waals surface area contributed by atoms with Crippen molar-refractivity contribution in [1.29, 1.82) is 0 Å². The van der Waals surface area contributed by atoms with Crippen molar-refractivity contribution in [2.75, 3.05) is 7.11 Å². The summed E-state index contributed by atoms with van der Waals surface area (Å²) in [4.78, 5) is 12.3. The molecule has 0 radical (unpaired) electrons. The Bertz CT molecular complexity index is 641. The second-order valence-corrected chi connectivity index (χ2v) is 5.57. The first-order valence-electron chi connectivity index (χ1n) is 5.36. The summed E-state index contributed by atoms with van der Waals surface area (Å²) in [6.07, 6.45) is 0. The van der Waals surface area contributed by atoms with Gasteiger partial charge < -0.3 is 4.74 Å². The Morgan fingerprint density at radius 2 is 1.79 bits per heavy atom. The van der Waals surface area contributed by atoms with Gasteiger partial charge in [0.1, 0.15) is 11.6 Å². The second kappa shape index (κ2) is 5.84. The summed E-state index contributed by atoms with van der Waals surface area (Å²) in [6, 6.07) is 9.29. The molecule has 0 unspecified atom stereocenters. The summed E-state index contributed by atoms with van der Waals surface area (Å²) in [5, 5.41) is 0. The standard InChI is InChI=1S/C14H9Br2FO2/c1-19-9-3-5-11(13(17)7-9)14(18)10-4-2-8(15)6-12(10)16/h2-7H,1H3. The highest BCUT2D eigenvalue weighted by atomic mass is 79.9. The van der Waals surface area contributed by atoms with Crippen LogP contribution in [0.15, 0.2) is 45.3 Å². The van der Waals surface area contributed by atoms with E-state index in [0.717, 1.165) is 4.47 Å². The van der Waals surface area contributed by atoms with Gasteiger partial charge in [0.2, 0.25) is 0 Å². The van der Waals surface area contributed by atoms with Gasteiger partial charge in [-0.25, -0.2) is 4.39 Å². The largest absolute Gasteiger partial charge is 0.497 e. The summed E-state index contributed by atoms with van der Waals surface area (Å²) in [7, 11) is 1.45. The molecule has 2 rings (SSSR count). The van der Waals surface area contributed by atoms with E-state index in [1.807, 2.05) is 0 Å². The van der Waals surface area contributed by atoms with E-state index < -0.39 is 5.82 Å². The van der Waals surface area contributed by atoms with E-state index in [1.165, 1.54) is 19.2 Å². The van der Waals surface area contributed by atoms with Crippen LogP contribution in [0.25, 0.3) is 0 Å². The predicted molar refractivity (Wildman–Crippen MR) is 78.2 cm³/mol. The molecule has 0 aromatic heterocycles. The Hall–Kier alpha value is -1.20. The summed E-state index contributed by atoms with van der Waals surface area (Å²) in [6.45, 7) is 0. The zero-order valence-electron chi connectivity index (χ0n) is 9.91. The fourth-order valence-electron chi connectivity index (χ4n) is 1.63. The van der Waals surface area contributed by atoms with Crippen molar-refractivity contribution in [3.8, 4) is 5.75 Å². The molecule has 0 atom stereocenters. The number of benzene rings is 2. The summed E-state index contributed by atoms with van der Waals surface area (Å²) in [5.41, 5.74) is 0.427. The first-order valence-corrected chi connectivity index (χ1v) is 6.95. The third-order valence-electron chi connectivity index (χ3n) is 2.60. The molecule has 0 amide bonds. The highest BCUT2D eigenvalue weighted by Gasteiger charge is 2.17. The van der Waals surface area contributed by atoms with Crippen molar-refractivity contribution in [3.05, 3.63) is 62.3 Å². The van der Waals surface area contributed by atoms with E-state index >= 15 is 0 Å². The predicted octanol–water partition coefficient (Wildman–Crippen LogP) is 4.59. The monoisotopic (exact) mass is 386 g/mol. The summed E-state index contributed by atoms with van der Waals surface area (Å²) < 4.78 is 20.2. The lowest BCUT2D eigenvalue weighted by atomic mass is 10.0. The van der Waals surface area contributed by atoms with E-state index in [4.69, 9.17) is 4.74 Å². The van der Waals surface area contributed by atoms with Crippen molar-refractivity contribution in [2.24, 2.45) is 0 Å². The van der Waals surface area contributed by atoms with Gasteiger partial charge in [0.25, 0.3) is 0 Å². The van der Waals surface area contributed by atoms with Crippen LogP contribution in [0.4, 0.5) is 4.39 Å². The molecule has 0 aliphatic carbocycles. The number of ether oxygens (including phenoxy) is 1. The number of methoxy groups -OCH3 is 1. The molecule has 0 heterocycles. The molecule has 0 saturated carbocycles. The maximum absolute atomic E-state index is 13.9. The topological polar surface area (TPSA) is 26.3 Å². The first kappa shape index (κ1) is 14.2. The van der Waals surface area contributed by atoms with E-state index in [0.29, 0.717) is 15.8 Å². The molecule has 2 aromatic carbocycles. The number of carbonyl (C=O) groups excluding carboxylic acids is 1. The minimum atomic E-state index is -0.598. The Balaban J connectivity index is 2.44. The number of ketones is 1. The van der Waals surface area contributed by atoms with Gasteiger partial charge in [0, 0.05) is 20.6 Å². The quantitative estimate of drug-likeness (QED) is 0.720. The van der Waals surface area contributed by atoms with E-state index in [1.54, 1.807) is 24.3 Å². The van der Waals surface area contributed by atoms with Gasteiger partial charge in [-0.1, -0.05) is 15.9 Å². The van der Waals surface area contributed by atoms with Gasteiger partial charge in [-0.2, -0.15) is 0 Å². The van der Waals surface area contributed by atoms with Crippen molar-refractivity contribution >= 4 is 37.6 Å². The van der Waals surface area contributed by atoms with Crippen molar-refractivity contribution in [2.45, 2.75) is 0 Å². The minimum Gasteiger partial charge on any atom is -0.497 e. The van der Waals surface area contributed by atoms with Crippen LogP contribution in [0.5, 0.6) is 5.75 Å². The highest BCUT2D eigenvalue weighted by molar-refractivity contribution is 9.11. The fraction of sp³-hybridized carbons (Fsp3) is 0.0714. The SMILES string of the molecule is COc1ccc(C(=O)c2ccc(Br)cc2Br)c(F)c1. The van der Waals surface area contributed by atoms with Crippen molar-refractivity contribution in [3.63, 3.8) is 0 Å². The van der Waals surface area contributed by atoms with Crippen molar-refractivity contribution in [1.82, 2.24) is 0 Å². The lowest BCUT2D eigenvalue weighted by Gasteiger charge is -2.07. The number of rotatable bonds is 3. The molecule has 0 aliphatic rings. The molecule has 5 heteroatoms. The lowest BCUT2D eigenvalue weighted by molar-refractivity contribution is 0.103. The highest BCUT2D eigenvalue weighted by Crippen LogP contribution is 2.26. The molecule has 2 aromatic rings. The van der Waals surface area contributed by atoms with Crippen LogP contribution in [0.2, 0.25) is 0 Å². The molecule has 0 fully saturated rings. The van der Waals surface area contributed by atoms with Gasteiger partial charge in [-0.15, -0.1) is 0 Å². The molecule has 0 bridgehead atoms. The molecule has 98 valence electrons. The number of hydrogen-bond acceptors (Lipinski definition) is 2. The number of carbonyl (C=O) groups is 1. The zero-order valence-corrected chi connectivity index (χ0v) is 13.1. The van der Waals surface area contributed by atoms with Crippen LogP contribution in [-0.2, 0) is 0 Å². The van der Waals surface area contributed by atoms with E-state index in [9.17, 15) is 9.18 Å². The molecule has 0 aliphatic heterocycles. The minimum absolute atomic E-state index is 0.0174. The van der Waals surface area contributed by atoms with Gasteiger partial charge >= 0.3 is 0 Å². The Morgan fingerprint density at radius 3 is 2.37 bits per heavy atom. The van der Waals surface area contributed by atoms with Crippen molar-refractivity contribution < 1.29 is 13.9 Å². The summed E-state index contributed by atoms with van der Waals surface area (Å²) in [5.74, 6) is -0.595. The van der Waals surface area contributed by atoms with Gasteiger partial charge in [0.15, 0.2) is 5.78 Å². The number of hydrogen-bond donors (Lipinski definition) is 0. The van der Waals surface area contributed by atoms with E-state index in [-0.39, 0.29) is 11.3 Å². The molecular weight excluding hydrogens is 379 g/mol. The van der Waals surface area contributed by atoms with Gasteiger partial charge in [0.05, 0.1) is 12.7 Å². The Morgan fingerprint density at radius 1 is 1.11 bits per heavy atom. The second-order valence-electron chi connectivity index (χ2n) is 3.80. The van der Waals surface area contributed by atoms with Crippen LogP contribution < -0.4 is 4.74 Å². The lowest BCUT2D eigenvalue weighted by Crippen LogP contribution is -2.05. The Kier molecular flexibility index (Phi) is 4.37. The van der Waals surface area contributed by atoms with Crippen LogP contribution in [0.3, 0.4) is 0 Å². The average Bonchev–Trinajstić information content (AvgIpc) is 2.37. The molecule has 19 heavy (non-hydrogen) atoms. The summed E-state index contributed by atoms with van der Waals surface area (Å²) >= 11 is 6.60.